The minimum absolute atomic E-state index is 0.0807. The molecule has 4 nitrogen and oxygen atoms in total. The number of carbonyl (C=O) groups is 1. The van der Waals surface area contributed by atoms with Gasteiger partial charge in [-0.2, -0.15) is 0 Å². The molecule has 0 aromatic heterocycles. The van der Waals surface area contributed by atoms with E-state index in [1.54, 1.807) is 24.3 Å². The maximum atomic E-state index is 12.1. The zero-order valence-electron chi connectivity index (χ0n) is 12.8. The zero-order valence-corrected chi connectivity index (χ0v) is 14.4. The molecule has 2 aromatic carbocycles. The average molecular weight is 349 g/mol. The number of thiocarbonyl (C=S) groups is 1. The fourth-order valence-corrected chi connectivity index (χ4v) is 2.33. The van der Waals surface area contributed by atoms with Gasteiger partial charge in [0.1, 0.15) is 5.75 Å². The van der Waals surface area contributed by atoms with E-state index >= 15 is 0 Å². The highest BCUT2D eigenvalue weighted by Crippen LogP contribution is 2.19. The van der Waals surface area contributed by atoms with Crippen molar-refractivity contribution in [1.82, 2.24) is 5.32 Å². The SMILES string of the molecule is CC(C)Oc1cccc(NC(=S)NC(=O)c2ccccc2Cl)c1. The smallest absolute Gasteiger partial charge is 0.258 e. The first-order valence-corrected chi connectivity index (χ1v) is 7.88. The third-order valence-electron chi connectivity index (χ3n) is 2.81. The van der Waals surface area contributed by atoms with Gasteiger partial charge in [0.15, 0.2) is 5.11 Å². The number of carbonyl (C=O) groups excluding carboxylic acids is 1. The molecule has 0 fully saturated rings. The van der Waals surface area contributed by atoms with Gasteiger partial charge in [0.2, 0.25) is 0 Å². The Kier molecular flexibility index (Phi) is 5.96. The van der Waals surface area contributed by atoms with E-state index < -0.39 is 0 Å². The van der Waals surface area contributed by atoms with Crippen molar-refractivity contribution in [1.29, 1.82) is 0 Å². The van der Waals surface area contributed by atoms with Gasteiger partial charge < -0.3 is 10.1 Å². The van der Waals surface area contributed by atoms with Crippen LogP contribution in [0, 0.1) is 0 Å². The minimum atomic E-state index is -0.359. The van der Waals surface area contributed by atoms with Crippen LogP contribution in [0.1, 0.15) is 24.2 Å². The third-order valence-corrected chi connectivity index (χ3v) is 3.34. The van der Waals surface area contributed by atoms with Gasteiger partial charge in [-0.1, -0.05) is 29.8 Å². The van der Waals surface area contributed by atoms with Gasteiger partial charge in [-0.25, -0.2) is 0 Å². The van der Waals surface area contributed by atoms with Crippen LogP contribution in [0.5, 0.6) is 5.75 Å². The van der Waals surface area contributed by atoms with Crippen LogP contribution in [0.25, 0.3) is 0 Å². The summed E-state index contributed by atoms with van der Waals surface area (Å²) in [5.74, 6) is 0.368. The summed E-state index contributed by atoms with van der Waals surface area (Å²) in [5.41, 5.74) is 1.10. The van der Waals surface area contributed by atoms with Crippen molar-refractivity contribution in [3.8, 4) is 5.75 Å². The minimum Gasteiger partial charge on any atom is -0.491 e. The van der Waals surface area contributed by atoms with Crippen molar-refractivity contribution in [3.63, 3.8) is 0 Å². The number of benzene rings is 2. The third kappa shape index (κ3) is 5.23. The molecule has 0 saturated carbocycles. The van der Waals surface area contributed by atoms with E-state index in [9.17, 15) is 4.79 Å². The molecule has 0 aliphatic heterocycles. The van der Waals surface area contributed by atoms with E-state index in [0.29, 0.717) is 10.6 Å². The van der Waals surface area contributed by atoms with Crippen molar-refractivity contribution in [3.05, 3.63) is 59.1 Å². The lowest BCUT2D eigenvalue weighted by atomic mass is 10.2. The van der Waals surface area contributed by atoms with E-state index in [1.165, 1.54) is 0 Å². The fraction of sp³-hybridized carbons (Fsp3) is 0.176. The van der Waals surface area contributed by atoms with Crippen LogP contribution in [0.4, 0.5) is 5.69 Å². The van der Waals surface area contributed by atoms with Crippen LogP contribution < -0.4 is 15.4 Å². The van der Waals surface area contributed by atoms with Gasteiger partial charge >= 0.3 is 0 Å². The molecule has 2 rings (SSSR count). The van der Waals surface area contributed by atoms with E-state index in [4.69, 9.17) is 28.6 Å². The summed E-state index contributed by atoms with van der Waals surface area (Å²) in [6.45, 7) is 3.91. The molecule has 0 bridgehead atoms. The monoisotopic (exact) mass is 348 g/mol. The van der Waals surface area contributed by atoms with Crippen molar-refractivity contribution >= 4 is 40.5 Å². The summed E-state index contributed by atoms with van der Waals surface area (Å²) in [6.07, 6.45) is 0.0807. The normalized spacial score (nSPS) is 10.3. The first-order valence-electron chi connectivity index (χ1n) is 7.09. The Bertz CT molecular complexity index is 719. The van der Waals surface area contributed by atoms with Crippen LogP contribution >= 0.6 is 23.8 Å². The standard InChI is InChI=1S/C17H17ClN2O2S/c1-11(2)22-13-7-5-6-12(10-13)19-17(23)20-16(21)14-8-3-4-9-15(14)18/h3-11H,1-2H3,(H2,19,20,21,23). The number of amides is 1. The second kappa shape index (κ2) is 7.94. The Morgan fingerprint density at radius 1 is 1.17 bits per heavy atom. The summed E-state index contributed by atoms with van der Waals surface area (Å²) in [5, 5.41) is 6.12. The highest BCUT2D eigenvalue weighted by Gasteiger charge is 2.11. The molecule has 0 atom stereocenters. The molecule has 0 aliphatic rings. The summed E-state index contributed by atoms with van der Waals surface area (Å²) in [6, 6.07) is 14.1. The largest absolute Gasteiger partial charge is 0.491 e. The molecule has 0 saturated heterocycles. The lowest BCUT2D eigenvalue weighted by molar-refractivity contribution is 0.0978. The lowest BCUT2D eigenvalue weighted by Crippen LogP contribution is -2.34. The summed E-state index contributed by atoms with van der Waals surface area (Å²) in [7, 11) is 0. The number of anilines is 1. The van der Waals surface area contributed by atoms with Gasteiger partial charge in [0, 0.05) is 11.8 Å². The number of hydrogen-bond donors (Lipinski definition) is 2. The van der Waals surface area contributed by atoms with E-state index in [0.717, 1.165) is 11.4 Å². The number of ether oxygens (including phenoxy) is 1. The highest BCUT2D eigenvalue weighted by atomic mass is 35.5. The van der Waals surface area contributed by atoms with Gasteiger partial charge in [0.25, 0.3) is 5.91 Å². The van der Waals surface area contributed by atoms with Gasteiger partial charge in [-0.15, -0.1) is 0 Å². The number of nitrogens with one attached hydrogen (secondary N) is 2. The van der Waals surface area contributed by atoms with E-state index in [1.807, 2.05) is 38.1 Å². The molecular weight excluding hydrogens is 332 g/mol. The molecule has 23 heavy (non-hydrogen) atoms. The van der Waals surface area contributed by atoms with Crippen molar-refractivity contribution in [2.45, 2.75) is 20.0 Å². The molecular formula is C17H17ClN2O2S. The number of halogens is 1. The molecule has 0 aliphatic carbocycles. The summed E-state index contributed by atoms with van der Waals surface area (Å²) >= 11 is 11.2. The quantitative estimate of drug-likeness (QED) is 0.811. The summed E-state index contributed by atoms with van der Waals surface area (Å²) < 4.78 is 5.61. The molecule has 2 aromatic rings. The van der Waals surface area contributed by atoms with Crippen LogP contribution in [-0.2, 0) is 0 Å². The van der Waals surface area contributed by atoms with Crippen molar-refractivity contribution in [2.75, 3.05) is 5.32 Å². The molecule has 1 amide bonds. The van der Waals surface area contributed by atoms with Gasteiger partial charge in [-0.3, -0.25) is 10.1 Å². The first kappa shape index (κ1) is 17.2. The average Bonchev–Trinajstić information content (AvgIpc) is 2.47. The predicted octanol–water partition coefficient (Wildman–Crippen LogP) is 4.25. The Labute approximate surface area is 145 Å². The second-order valence-electron chi connectivity index (χ2n) is 5.08. The Morgan fingerprint density at radius 3 is 2.61 bits per heavy atom. The van der Waals surface area contributed by atoms with Crippen LogP contribution in [0.2, 0.25) is 5.02 Å². The van der Waals surface area contributed by atoms with Gasteiger partial charge in [-0.05, 0) is 50.3 Å². The highest BCUT2D eigenvalue weighted by molar-refractivity contribution is 7.80. The lowest BCUT2D eigenvalue weighted by Gasteiger charge is -2.13. The molecule has 0 radical (unpaired) electrons. The molecule has 0 heterocycles. The van der Waals surface area contributed by atoms with Crippen LogP contribution in [0.15, 0.2) is 48.5 Å². The zero-order chi connectivity index (χ0) is 16.8. The molecule has 0 unspecified atom stereocenters. The van der Waals surface area contributed by atoms with Crippen molar-refractivity contribution in [2.24, 2.45) is 0 Å². The molecule has 6 heteroatoms. The van der Waals surface area contributed by atoms with E-state index in [2.05, 4.69) is 10.6 Å². The number of rotatable bonds is 4. The number of hydrogen-bond acceptors (Lipinski definition) is 3. The summed E-state index contributed by atoms with van der Waals surface area (Å²) in [4.78, 5) is 12.1. The molecule has 0 spiro atoms. The van der Waals surface area contributed by atoms with Crippen LogP contribution in [-0.4, -0.2) is 17.1 Å². The maximum Gasteiger partial charge on any atom is 0.258 e. The maximum absolute atomic E-state index is 12.1. The Hall–Kier alpha value is -2.11. The Balaban J connectivity index is 2.00. The first-order chi connectivity index (χ1) is 11.0. The predicted molar refractivity (Wildman–Crippen MR) is 97.3 cm³/mol. The second-order valence-corrected chi connectivity index (χ2v) is 5.90. The Morgan fingerprint density at radius 2 is 1.91 bits per heavy atom. The van der Waals surface area contributed by atoms with Crippen LogP contribution in [0.3, 0.4) is 0 Å². The van der Waals surface area contributed by atoms with E-state index in [-0.39, 0.29) is 17.1 Å². The van der Waals surface area contributed by atoms with Gasteiger partial charge in [0.05, 0.1) is 16.7 Å². The fourth-order valence-electron chi connectivity index (χ4n) is 1.90. The van der Waals surface area contributed by atoms with Crippen molar-refractivity contribution < 1.29 is 9.53 Å². The molecule has 120 valence electrons. The topological polar surface area (TPSA) is 50.4 Å². The molecule has 2 N–H and O–H groups in total.